The molecule has 0 aromatic heterocycles. The lowest BCUT2D eigenvalue weighted by Crippen LogP contribution is -2.38. The number of carbonyl (C=O) groups excluding carboxylic acids is 2. The number of aryl methyl sites for hydroxylation is 1. The molecule has 108 valence electrons. The number of nitrogens with zero attached hydrogens (tertiary/aromatic N) is 1. The van der Waals surface area contributed by atoms with Crippen molar-refractivity contribution in [2.75, 3.05) is 13.2 Å². The maximum absolute atomic E-state index is 12.3. The summed E-state index contributed by atoms with van der Waals surface area (Å²) < 4.78 is 5.04. The van der Waals surface area contributed by atoms with Gasteiger partial charge in [-0.2, -0.15) is 0 Å². The van der Waals surface area contributed by atoms with E-state index < -0.39 is 0 Å². The van der Waals surface area contributed by atoms with Crippen molar-refractivity contribution < 1.29 is 14.3 Å². The zero-order valence-electron chi connectivity index (χ0n) is 11.9. The van der Waals surface area contributed by atoms with Crippen LogP contribution in [0.4, 0.5) is 0 Å². The Morgan fingerprint density at radius 2 is 2.05 bits per heavy atom. The van der Waals surface area contributed by atoms with Gasteiger partial charge in [0.2, 0.25) is 5.91 Å². The smallest absolute Gasteiger partial charge is 0.302 e. The van der Waals surface area contributed by atoms with Crippen LogP contribution in [0.3, 0.4) is 0 Å². The Morgan fingerprint density at radius 3 is 2.75 bits per heavy atom. The molecular formula is C16H21NO3. The summed E-state index contributed by atoms with van der Waals surface area (Å²) in [5, 5.41) is 0. The second kappa shape index (κ2) is 7.08. The van der Waals surface area contributed by atoms with E-state index >= 15 is 0 Å². The van der Waals surface area contributed by atoms with Crippen molar-refractivity contribution >= 4 is 11.9 Å². The van der Waals surface area contributed by atoms with Crippen molar-refractivity contribution in [2.24, 2.45) is 0 Å². The summed E-state index contributed by atoms with van der Waals surface area (Å²) in [7, 11) is 0. The lowest BCUT2D eigenvalue weighted by atomic mass is 10.1. The van der Waals surface area contributed by atoms with Gasteiger partial charge in [0, 0.05) is 19.9 Å². The van der Waals surface area contributed by atoms with E-state index in [1.807, 2.05) is 35.2 Å². The molecule has 1 aromatic carbocycles. The predicted molar refractivity (Wildman–Crippen MR) is 76.1 cm³/mol. The van der Waals surface area contributed by atoms with Gasteiger partial charge in [-0.05, 0) is 24.8 Å². The first-order valence-corrected chi connectivity index (χ1v) is 7.13. The van der Waals surface area contributed by atoms with Crippen LogP contribution in [-0.2, 0) is 20.7 Å². The molecule has 0 radical (unpaired) electrons. The van der Waals surface area contributed by atoms with E-state index in [0.29, 0.717) is 13.0 Å². The van der Waals surface area contributed by atoms with Gasteiger partial charge < -0.3 is 9.64 Å². The Kier molecular flexibility index (Phi) is 5.16. The first kappa shape index (κ1) is 14.6. The van der Waals surface area contributed by atoms with Crippen LogP contribution >= 0.6 is 0 Å². The van der Waals surface area contributed by atoms with Gasteiger partial charge in [0.1, 0.15) is 6.61 Å². The highest BCUT2D eigenvalue weighted by Gasteiger charge is 2.28. The van der Waals surface area contributed by atoms with Crippen molar-refractivity contribution in [3.8, 4) is 0 Å². The van der Waals surface area contributed by atoms with Gasteiger partial charge in [0.25, 0.3) is 0 Å². The van der Waals surface area contributed by atoms with Crippen LogP contribution in [0.5, 0.6) is 0 Å². The molecule has 20 heavy (non-hydrogen) atoms. The SMILES string of the molecule is CC(=O)OCC1CCCN1C(=O)CCc1ccccc1. The van der Waals surface area contributed by atoms with Gasteiger partial charge >= 0.3 is 5.97 Å². The minimum Gasteiger partial charge on any atom is -0.464 e. The first-order valence-electron chi connectivity index (χ1n) is 7.13. The standard InChI is InChI=1S/C16H21NO3/c1-13(18)20-12-15-8-5-11-17(15)16(19)10-9-14-6-3-2-4-7-14/h2-4,6-7,15H,5,8-12H2,1H3. The van der Waals surface area contributed by atoms with Crippen molar-refractivity contribution in [1.29, 1.82) is 0 Å². The lowest BCUT2D eigenvalue weighted by Gasteiger charge is -2.24. The van der Waals surface area contributed by atoms with Crippen molar-refractivity contribution in [2.45, 2.75) is 38.6 Å². The molecule has 1 fully saturated rings. The molecule has 1 atom stereocenters. The maximum atomic E-state index is 12.3. The van der Waals surface area contributed by atoms with E-state index in [1.54, 1.807) is 0 Å². The van der Waals surface area contributed by atoms with Crippen molar-refractivity contribution in [3.63, 3.8) is 0 Å². The number of esters is 1. The number of benzene rings is 1. The second-order valence-electron chi connectivity index (χ2n) is 5.17. The molecule has 1 aromatic rings. The molecule has 2 rings (SSSR count). The van der Waals surface area contributed by atoms with Crippen LogP contribution in [0.25, 0.3) is 0 Å². The average molecular weight is 275 g/mol. The average Bonchev–Trinajstić information content (AvgIpc) is 2.92. The number of hydrogen-bond donors (Lipinski definition) is 0. The third-order valence-corrected chi connectivity index (χ3v) is 3.65. The van der Waals surface area contributed by atoms with Crippen molar-refractivity contribution in [1.82, 2.24) is 4.90 Å². The van der Waals surface area contributed by atoms with E-state index in [9.17, 15) is 9.59 Å². The highest BCUT2D eigenvalue weighted by molar-refractivity contribution is 5.77. The molecule has 0 spiro atoms. The number of likely N-dealkylation sites (tertiary alicyclic amines) is 1. The van der Waals surface area contributed by atoms with Crippen molar-refractivity contribution in [3.05, 3.63) is 35.9 Å². The Morgan fingerprint density at radius 1 is 1.30 bits per heavy atom. The first-order chi connectivity index (χ1) is 9.66. The molecule has 4 nitrogen and oxygen atoms in total. The molecule has 4 heteroatoms. The Bertz CT molecular complexity index is 458. The number of rotatable bonds is 5. The fourth-order valence-electron chi connectivity index (χ4n) is 2.59. The molecular weight excluding hydrogens is 254 g/mol. The summed E-state index contributed by atoms with van der Waals surface area (Å²) >= 11 is 0. The topological polar surface area (TPSA) is 46.6 Å². The normalized spacial score (nSPS) is 18.1. The number of amides is 1. The monoisotopic (exact) mass is 275 g/mol. The molecule has 0 saturated carbocycles. The molecule has 1 aliphatic rings. The minimum absolute atomic E-state index is 0.0576. The Labute approximate surface area is 119 Å². The molecule has 1 aliphatic heterocycles. The summed E-state index contributed by atoms with van der Waals surface area (Å²) in [5.41, 5.74) is 1.18. The summed E-state index contributed by atoms with van der Waals surface area (Å²) in [4.78, 5) is 25.0. The van der Waals surface area contributed by atoms with Gasteiger partial charge in [-0.1, -0.05) is 30.3 Å². The van der Waals surface area contributed by atoms with Gasteiger partial charge in [0.05, 0.1) is 6.04 Å². The third-order valence-electron chi connectivity index (χ3n) is 3.65. The molecule has 0 N–H and O–H groups in total. The number of carbonyl (C=O) groups is 2. The fraction of sp³-hybridized carbons (Fsp3) is 0.500. The Hall–Kier alpha value is -1.84. The van der Waals surface area contributed by atoms with Gasteiger partial charge in [-0.3, -0.25) is 9.59 Å². The fourth-order valence-corrected chi connectivity index (χ4v) is 2.59. The molecule has 1 heterocycles. The molecule has 0 aliphatic carbocycles. The van der Waals surface area contributed by atoms with Gasteiger partial charge in [-0.15, -0.1) is 0 Å². The van der Waals surface area contributed by atoms with E-state index in [0.717, 1.165) is 25.8 Å². The minimum atomic E-state index is -0.284. The summed E-state index contributed by atoms with van der Waals surface area (Å²) in [6, 6.07) is 10.1. The van der Waals surface area contributed by atoms with Gasteiger partial charge in [-0.25, -0.2) is 0 Å². The van der Waals surface area contributed by atoms with Crippen LogP contribution in [0.15, 0.2) is 30.3 Å². The second-order valence-corrected chi connectivity index (χ2v) is 5.17. The van der Waals surface area contributed by atoms with E-state index in [4.69, 9.17) is 4.74 Å². The highest BCUT2D eigenvalue weighted by atomic mass is 16.5. The quantitative estimate of drug-likeness (QED) is 0.774. The maximum Gasteiger partial charge on any atom is 0.302 e. The zero-order valence-corrected chi connectivity index (χ0v) is 11.9. The molecule has 1 saturated heterocycles. The number of hydrogen-bond acceptors (Lipinski definition) is 3. The van der Waals surface area contributed by atoms with Crippen LogP contribution in [0, 0.1) is 0 Å². The van der Waals surface area contributed by atoms with Crippen LogP contribution in [0.2, 0.25) is 0 Å². The highest BCUT2D eigenvalue weighted by Crippen LogP contribution is 2.19. The third kappa shape index (κ3) is 4.08. The van der Waals surface area contributed by atoms with Gasteiger partial charge in [0.15, 0.2) is 0 Å². The predicted octanol–water partition coefficient (Wildman–Crippen LogP) is 2.17. The summed E-state index contributed by atoms with van der Waals surface area (Å²) in [5.74, 6) is -0.128. The molecule has 1 amide bonds. The summed E-state index contributed by atoms with van der Waals surface area (Å²) in [6.45, 7) is 2.50. The van der Waals surface area contributed by atoms with E-state index in [1.165, 1.54) is 12.5 Å². The van der Waals surface area contributed by atoms with E-state index in [2.05, 4.69) is 0 Å². The lowest BCUT2D eigenvalue weighted by molar-refractivity contribution is -0.145. The molecule has 0 bridgehead atoms. The Balaban J connectivity index is 1.83. The zero-order chi connectivity index (χ0) is 14.4. The molecule has 1 unspecified atom stereocenters. The number of ether oxygens (including phenoxy) is 1. The van der Waals surface area contributed by atoms with E-state index in [-0.39, 0.29) is 17.9 Å². The van der Waals surface area contributed by atoms with Crippen LogP contribution < -0.4 is 0 Å². The van der Waals surface area contributed by atoms with Crippen LogP contribution in [-0.4, -0.2) is 36.0 Å². The largest absolute Gasteiger partial charge is 0.464 e. The van der Waals surface area contributed by atoms with Crippen LogP contribution in [0.1, 0.15) is 31.7 Å². The summed E-state index contributed by atoms with van der Waals surface area (Å²) in [6.07, 6.45) is 3.18.